The fraction of sp³-hybridized carbons (Fsp3) is 0.154. The van der Waals surface area contributed by atoms with E-state index >= 15 is 0 Å². The molecule has 3 aromatic carbocycles. The first-order valence-corrected chi connectivity index (χ1v) is 10.9. The molecule has 0 bridgehead atoms. The van der Waals surface area contributed by atoms with Crippen LogP contribution in [0.25, 0.3) is 0 Å². The van der Waals surface area contributed by atoms with Crippen molar-refractivity contribution in [1.82, 2.24) is 15.1 Å². The molecule has 0 saturated carbocycles. The number of urea groups is 1. The van der Waals surface area contributed by atoms with Crippen molar-refractivity contribution < 1.29 is 33.0 Å². The number of amides is 5. The smallest absolute Gasteiger partial charge is 0.334 e. The van der Waals surface area contributed by atoms with Crippen LogP contribution < -0.4 is 14.8 Å². The summed E-state index contributed by atoms with van der Waals surface area (Å²) >= 11 is 0. The van der Waals surface area contributed by atoms with Crippen LogP contribution in [0.2, 0.25) is 0 Å². The highest BCUT2D eigenvalue weighted by Gasteiger charge is 2.42. The lowest BCUT2D eigenvalue weighted by Gasteiger charge is -2.15. The minimum Gasteiger partial charge on any atom is -0.496 e. The van der Waals surface area contributed by atoms with Crippen molar-refractivity contribution in [3.8, 4) is 17.2 Å². The first-order valence-electron chi connectivity index (χ1n) is 10.9. The first-order chi connectivity index (χ1) is 17.3. The van der Waals surface area contributed by atoms with Gasteiger partial charge in [-0.3, -0.25) is 24.2 Å². The van der Waals surface area contributed by atoms with Crippen molar-refractivity contribution in [1.29, 1.82) is 0 Å². The third-order valence-electron chi connectivity index (χ3n) is 5.53. The summed E-state index contributed by atoms with van der Waals surface area (Å²) in [7, 11) is 2.66. The second-order valence-electron chi connectivity index (χ2n) is 7.96. The lowest BCUT2D eigenvalue weighted by molar-refractivity contribution is -0.143. The van der Waals surface area contributed by atoms with Crippen molar-refractivity contribution in [2.75, 3.05) is 14.2 Å². The van der Waals surface area contributed by atoms with E-state index in [9.17, 15) is 23.6 Å². The van der Waals surface area contributed by atoms with Crippen molar-refractivity contribution in [3.05, 3.63) is 89.2 Å². The summed E-state index contributed by atoms with van der Waals surface area (Å²) in [6.45, 7) is 0.0545. The SMILES string of the molecule is COc1ccc(CN2C(=O)C(=O)N(C)C2=O)cc1C(=O)NCc1ccc(Oc2ccc(F)cc2)cc1. The van der Waals surface area contributed by atoms with E-state index < -0.39 is 23.8 Å². The normalized spacial score (nSPS) is 13.2. The zero-order valence-corrected chi connectivity index (χ0v) is 19.5. The fourth-order valence-electron chi connectivity index (χ4n) is 3.56. The third kappa shape index (κ3) is 5.17. The zero-order valence-electron chi connectivity index (χ0n) is 19.5. The topological polar surface area (TPSA) is 105 Å². The Balaban J connectivity index is 1.41. The minimum absolute atomic E-state index is 0.159. The van der Waals surface area contributed by atoms with Gasteiger partial charge in [0.05, 0.1) is 19.2 Å². The quantitative estimate of drug-likeness (QED) is 0.382. The van der Waals surface area contributed by atoms with Crippen LogP contribution in [0.15, 0.2) is 66.7 Å². The van der Waals surface area contributed by atoms with Crippen molar-refractivity contribution in [3.63, 3.8) is 0 Å². The van der Waals surface area contributed by atoms with E-state index in [-0.39, 0.29) is 24.5 Å². The Morgan fingerprint density at radius 3 is 2.08 bits per heavy atom. The van der Waals surface area contributed by atoms with Gasteiger partial charge in [-0.15, -0.1) is 0 Å². The van der Waals surface area contributed by atoms with Gasteiger partial charge in [-0.2, -0.15) is 0 Å². The predicted molar refractivity (Wildman–Crippen MR) is 126 cm³/mol. The maximum absolute atomic E-state index is 13.0. The predicted octanol–water partition coefficient (Wildman–Crippen LogP) is 3.48. The van der Waals surface area contributed by atoms with Gasteiger partial charge in [0.2, 0.25) is 0 Å². The number of rotatable bonds is 8. The molecule has 36 heavy (non-hydrogen) atoms. The Labute approximate surface area is 206 Å². The lowest BCUT2D eigenvalue weighted by atomic mass is 10.1. The van der Waals surface area contributed by atoms with E-state index in [2.05, 4.69) is 5.32 Å². The zero-order chi connectivity index (χ0) is 25.8. The van der Waals surface area contributed by atoms with E-state index in [1.165, 1.54) is 44.5 Å². The summed E-state index contributed by atoms with van der Waals surface area (Å²) in [5.74, 6) is -1.23. The molecule has 9 nitrogen and oxygen atoms in total. The molecule has 0 aromatic heterocycles. The Bertz CT molecular complexity index is 1320. The second-order valence-corrected chi connectivity index (χ2v) is 7.96. The Morgan fingerprint density at radius 1 is 0.889 bits per heavy atom. The van der Waals surface area contributed by atoms with Gasteiger partial charge in [-0.25, -0.2) is 9.18 Å². The van der Waals surface area contributed by atoms with E-state index in [4.69, 9.17) is 9.47 Å². The van der Waals surface area contributed by atoms with Crippen LogP contribution in [-0.4, -0.2) is 47.7 Å². The molecule has 1 aliphatic heterocycles. The number of imide groups is 2. The number of methoxy groups -OCH3 is 1. The number of benzene rings is 3. The summed E-state index contributed by atoms with van der Waals surface area (Å²) in [5, 5.41) is 2.81. The largest absolute Gasteiger partial charge is 0.496 e. The van der Waals surface area contributed by atoms with Crippen molar-refractivity contribution in [2.45, 2.75) is 13.1 Å². The molecule has 1 aliphatic rings. The molecule has 10 heteroatoms. The van der Waals surface area contributed by atoms with Gasteiger partial charge in [0.15, 0.2) is 0 Å². The Morgan fingerprint density at radius 2 is 1.50 bits per heavy atom. The number of halogens is 1. The molecule has 0 atom stereocenters. The summed E-state index contributed by atoms with van der Waals surface area (Å²) in [5.41, 5.74) is 1.50. The number of hydrogen-bond donors (Lipinski definition) is 1. The molecule has 0 radical (unpaired) electrons. The van der Waals surface area contributed by atoms with Crippen molar-refractivity contribution >= 4 is 23.8 Å². The van der Waals surface area contributed by atoms with Crippen LogP contribution in [0.1, 0.15) is 21.5 Å². The summed E-state index contributed by atoms with van der Waals surface area (Å²) < 4.78 is 24.0. The number of ether oxygens (including phenoxy) is 2. The molecule has 5 amide bonds. The van der Waals surface area contributed by atoms with Gasteiger partial charge in [0, 0.05) is 13.6 Å². The van der Waals surface area contributed by atoms with Crippen LogP contribution in [0.3, 0.4) is 0 Å². The van der Waals surface area contributed by atoms with E-state index in [1.54, 1.807) is 36.4 Å². The number of carbonyl (C=O) groups is 4. The second kappa shape index (κ2) is 10.3. The molecule has 1 N–H and O–H groups in total. The molecule has 0 aliphatic carbocycles. The first kappa shape index (κ1) is 24.4. The Kier molecular flexibility index (Phi) is 6.95. The van der Waals surface area contributed by atoms with Gasteiger partial charge >= 0.3 is 17.8 Å². The number of likely N-dealkylation sites (N-methyl/N-ethyl adjacent to an activating group) is 1. The summed E-state index contributed by atoms with van der Waals surface area (Å²) in [6.07, 6.45) is 0. The van der Waals surface area contributed by atoms with E-state index in [1.807, 2.05) is 0 Å². The van der Waals surface area contributed by atoms with Gasteiger partial charge < -0.3 is 14.8 Å². The van der Waals surface area contributed by atoms with E-state index in [0.29, 0.717) is 22.8 Å². The van der Waals surface area contributed by atoms with Crippen molar-refractivity contribution in [2.24, 2.45) is 0 Å². The van der Waals surface area contributed by atoms with Crippen LogP contribution in [0.5, 0.6) is 17.2 Å². The molecule has 1 saturated heterocycles. The van der Waals surface area contributed by atoms with Crippen LogP contribution in [-0.2, 0) is 22.7 Å². The maximum Gasteiger partial charge on any atom is 0.334 e. The maximum atomic E-state index is 13.0. The average Bonchev–Trinajstić information content (AvgIpc) is 3.07. The minimum atomic E-state index is -0.920. The van der Waals surface area contributed by atoms with Crippen LogP contribution in [0, 0.1) is 5.82 Å². The molecule has 3 aromatic rings. The van der Waals surface area contributed by atoms with Crippen LogP contribution in [0.4, 0.5) is 9.18 Å². The highest BCUT2D eigenvalue weighted by molar-refractivity contribution is 6.44. The fourth-order valence-corrected chi connectivity index (χ4v) is 3.56. The number of nitrogens with one attached hydrogen (secondary N) is 1. The molecule has 0 unspecified atom stereocenters. The highest BCUT2D eigenvalue weighted by atomic mass is 19.1. The number of carbonyl (C=O) groups excluding carboxylic acids is 4. The number of hydrogen-bond acceptors (Lipinski definition) is 6. The summed E-state index contributed by atoms with van der Waals surface area (Å²) in [6, 6.07) is 16.6. The molecular formula is C26H22FN3O6. The average molecular weight is 491 g/mol. The van der Waals surface area contributed by atoms with Gasteiger partial charge in [-0.1, -0.05) is 18.2 Å². The van der Waals surface area contributed by atoms with Gasteiger partial charge in [0.1, 0.15) is 23.1 Å². The van der Waals surface area contributed by atoms with Crippen LogP contribution >= 0.6 is 0 Å². The summed E-state index contributed by atoms with van der Waals surface area (Å²) in [4.78, 5) is 50.4. The monoisotopic (exact) mass is 491 g/mol. The molecular weight excluding hydrogens is 469 g/mol. The molecule has 1 heterocycles. The molecule has 184 valence electrons. The standard InChI is InChI=1S/C26H22FN3O6/c1-29-24(32)25(33)30(26(29)34)15-17-5-12-22(35-2)21(13-17)23(31)28-14-16-3-8-19(9-4-16)36-20-10-6-18(27)7-11-20/h3-13H,14-15H2,1-2H3,(H,28,31). The highest BCUT2D eigenvalue weighted by Crippen LogP contribution is 2.24. The van der Waals surface area contributed by atoms with Gasteiger partial charge in [0.25, 0.3) is 5.91 Å². The van der Waals surface area contributed by atoms with Gasteiger partial charge in [-0.05, 0) is 59.7 Å². The molecule has 0 spiro atoms. The Hall–Kier alpha value is -4.73. The third-order valence-corrected chi connectivity index (χ3v) is 5.53. The molecule has 4 rings (SSSR count). The number of nitrogens with zero attached hydrogens (tertiary/aromatic N) is 2. The van der Waals surface area contributed by atoms with E-state index in [0.717, 1.165) is 15.4 Å². The lowest BCUT2D eigenvalue weighted by Crippen LogP contribution is -2.31. The molecule has 1 fully saturated rings.